The monoisotopic (exact) mass is 2420 g/mol. The van der Waals surface area contributed by atoms with E-state index in [0.29, 0.717) is 31.4 Å². The predicted molar refractivity (Wildman–Crippen MR) is 265 cm³/mol. The van der Waals surface area contributed by atoms with Crippen molar-refractivity contribution in [3.63, 3.8) is 0 Å². The molecule has 32 heteroatoms. The molecule has 5 aromatic carbocycles. The van der Waals surface area contributed by atoms with E-state index in [2.05, 4.69) is 62.3 Å². The van der Waals surface area contributed by atoms with Crippen LogP contribution in [0.15, 0.2) is 126 Å². The third-order valence-electron chi connectivity index (χ3n) is 13.6. The van der Waals surface area contributed by atoms with Crippen molar-refractivity contribution in [3.05, 3.63) is 155 Å². The summed E-state index contributed by atoms with van der Waals surface area (Å²) in [6, 6.07) is 28.1. The number of ether oxygens (including phenoxy) is 1. The maximum Gasteiger partial charge on any atom is 1.00 e. The van der Waals surface area contributed by atoms with Crippen molar-refractivity contribution in [1.29, 1.82) is 0 Å². The third kappa shape index (κ3) is 32.7. The number of allylic oxidation sites excluding steroid dienone is 7. The van der Waals surface area contributed by atoms with Crippen molar-refractivity contribution in [3.8, 4) is 5.75 Å². The predicted octanol–water partition coefficient (Wildman–Crippen LogP) is 6.64. The van der Waals surface area contributed by atoms with Crippen LogP contribution in [0.25, 0.3) is 21.5 Å². The molecule has 2 aliphatic heterocycles. The molecule has 0 spiro atoms. The normalized spacial score (nSPS) is 13.4. The summed E-state index contributed by atoms with van der Waals surface area (Å²) in [5, 5.41) is 4.13. The van der Waals surface area contributed by atoms with Gasteiger partial charge in [-0.2, -0.15) is 23.8 Å². The summed E-state index contributed by atoms with van der Waals surface area (Å²) >= 11 is 0. The Bertz CT molecular complexity index is 3320. The van der Waals surface area contributed by atoms with Crippen molar-refractivity contribution < 1.29 is 601 Å². The summed E-state index contributed by atoms with van der Waals surface area (Å²) in [5.41, 5.74) is 6.99. The topological polar surface area (TPSA) is 187 Å². The van der Waals surface area contributed by atoms with Crippen LogP contribution in [0.1, 0.15) is 88.5 Å². The van der Waals surface area contributed by atoms with Crippen LogP contribution in [0.4, 0.5) is 11.4 Å². The van der Waals surface area contributed by atoms with Gasteiger partial charge < -0.3 is 23.3 Å². The van der Waals surface area contributed by atoms with Crippen LogP contribution in [-0.4, -0.2) is 73.8 Å². The van der Waals surface area contributed by atoms with E-state index in [0.717, 1.165) is 66.6 Å². The number of anilines is 1. The van der Waals surface area contributed by atoms with Crippen molar-refractivity contribution in [2.45, 2.75) is 95.8 Å². The quantitative estimate of drug-likeness (QED) is 0.0215. The van der Waals surface area contributed by atoms with Crippen LogP contribution in [-0.2, 0) is 565 Å². The van der Waals surface area contributed by atoms with Gasteiger partial charge in [-0.1, -0.05) is 59.8 Å². The molecule has 2 heterocycles. The number of nitrogens with zero attached hydrogens (tertiary/aromatic N) is 2. The number of aryl methyl sites for hydroxylation is 2. The van der Waals surface area contributed by atoms with E-state index in [1.807, 2.05) is 73.7 Å². The molecular weight excluding hydrogens is 2370 g/mol. The van der Waals surface area contributed by atoms with Crippen LogP contribution < -0.4 is 39.2 Å². The average molecular weight is 2420 g/mol. The summed E-state index contributed by atoms with van der Waals surface area (Å²) in [5.74, 6) is -0.442. The molecule has 7 rings (SSSR count). The zero-order valence-corrected chi connectivity index (χ0v) is 99.3. The first-order valence-electron chi connectivity index (χ1n) is 22.9. The van der Waals surface area contributed by atoms with Gasteiger partial charge in [0.2, 0.25) is 0 Å². The van der Waals surface area contributed by atoms with Crippen molar-refractivity contribution in [2.24, 2.45) is 0 Å². The second kappa shape index (κ2) is 57.4. The molecule has 0 saturated heterocycles. The van der Waals surface area contributed by atoms with E-state index in [1.54, 1.807) is 12.2 Å². The zero-order valence-electron chi connectivity index (χ0n) is 49.4. The molecule has 0 bridgehead atoms. The largest absolute Gasteiger partial charge is 1.00 e. The standard InChI is InChI=1S/C53H59N2O10S3.Na.16Y/c1-7-52(8-2)47(54(32-14-34-66(56,57)58)45-31-24-40-36-37(5)22-29-44(40)50(45)52)20-12-18-41(65-42-25-27-43(28-26-42)68(62,63)64)19-13-21-48-53(9-3,10-4)51-46(55(48)33-15-35-67(59,60)61)30-23-39-17-11-16-38(6)49(39)51;;;;;;;;;;;;;;;;;/h12-13,16-28,30-31,36H,7-10,14-15,32-35H2,1-6H3,(H,56,57,58)(H,59,60,61)(H,62,63,64);;;;;;;;;;;;;;;;;/q-1;+1;;;;;;;;;;;;;;;;/p-3. The summed E-state index contributed by atoms with van der Waals surface area (Å²) in [6.45, 7) is 13.1. The summed E-state index contributed by atoms with van der Waals surface area (Å²) in [4.78, 5) is 1.70. The molecule has 0 fully saturated rings. The Hall–Kier alpha value is 13.2. The molecule has 12 nitrogen and oxygen atoms in total. The van der Waals surface area contributed by atoms with E-state index < -0.39 is 57.6 Å². The SMILES string of the molecule is CCC1(CC)C(/C=C/C=C(/C=C/C=C2/N(CCCS(=O)(=O)[O-])c3ccc4c[c-]cc(C)c4c3C2(CC)CC)Oc2ccc(S(=O)(=O)[O-])cc2)=[N+](CCCS(=O)(=O)[O-])c2ccc3cc(C)c[c-]c3c21.[Na+].[Y].[Y].[Y].[Y].[Y].[Y].[Y].[Y].[Y].[Y].[Y].[Y].[Y].[Y].[Y].[Y]. The summed E-state index contributed by atoms with van der Waals surface area (Å²) in [7, 11) is -13.7. The molecule has 5 aromatic rings. The Morgan fingerprint density at radius 2 is 1.16 bits per heavy atom. The fourth-order valence-electron chi connectivity index (χ4n) is 10.4. The Labute approximate surface area is 931 Å². The molecule has 0 amide bonds. The van der Waals surface area contributed by atoms with Gasteiger partial charge in [-0.05, 0) is 97.9 Å². The van der Waals surface area contributed by atoms with Gasteiger partial charge in [-0.25, -0.2) is 29.8 Å². The molecule has 0 atom stereocenters. The molecule has 2 aliphatic rings. The first-order valence-corrected chi connectivity index (χ1v) is 27.5. The van der Waals surface area contributed by atoms with Crippen LogP contribution >= 0.6 is 0 Å². The first-order chi connectivity index (χ1) is 32.2. The van der Waals surface area contributed by atoms with Crippen molar-refractivity contribution in [2.75, 3.05) is 29.5 Å². The smallest absolute Gasteiger partial charge is 0.748 e. The molecule has 0 saturated carbocycles. The fraction of sp³-hybridized carbons (Fsp3) is 0.340. The Kier molecular flexibility index (Phi) is 82.5. The van der Waals surface area contributed by atoms with Crippen molar-refractivity contribution >= 4 is 69.0 Å². The number of benzene rings is 5. The van der Waals surface area contributed by atoms with E-state index >= 15 is 0 Å². The van der Waals surface area contributed by atoms with Gasteiger partial charge in [0, 0.05) is 571 Å². The number of hydrogen-bond donors (Lipinski definition) is 0. The number of rotatable bonds is 19. The zero-order chi connectivity index (χ0) is 49.2. The van der Waals surface area contributed by atoms with Gasteiger partial charge in [-0.3, -0.25) is 0 Å². The van der Waals surface area contributed by atoms with Gasteiger partial charge in [0.1, 0.15) is 28.2 Å². The second-order valence-electron chi connectivity index (χ2n) is 17.5. The Morgan fingerprint density at radius 1 is 0.635 bits per heavy atom. The second-order valence-corrected chi connectivity index (χ2v) is 22.0. The maximum absolute atomic E-state index is 11.8. The number of hydrogen-bond acceptors (Lipinski definition) is 11. The van der Waals surface area contributed by atoms with Crippen LogP contribution in [0, 0.1) is 26.0 Å². The molecular formula is C53H56N2NaO10S3Y16-3. The van der Waals surface area contributed by atoms with E-state index in [4.69, 9.17) is 4.74 Å². The van der Waals surface area contributed by atoms with Gasteiger partial charge in [-0.15, -0.1) is 51.4 Å². The molecule has 0 N–H and O–H groups in total. The Balaban J connectivity index is -0.000000358. The fourth-order valence-corrected chi connectivity index (χ4v) is 11.8. The van der Waals surface area contributed by atoms with Gasteiger partial charge in [0.05, 0.1) is 30.5 Å². The minimum atomic E-state index is -4.72. The van der Waals surface area contributed by atoms with Crippen LogP contribution in [0.3, 0.4) is 0 Å². The van der Waals surface area contributed by atoms with Crippen LogP contribution in [0.2, 0.25) is 0 Å². The van der Waals surface area contributed by atoms with Crippen molar-refractivity contribution in [1.82, 2.24) is 0 Å². The Morgan fingerprint density at radius 3 is 1.68 bits per heavy atom. The van der Waals surface area contributed by atoms with Gasteiger partial charge in [0.15, 0.2) is 11.4 Å². The van der Waals surface area contributed by atoms with E-state index in [1.165, 1.54) is 24.3 Å². The number of fused-ring (bicyclic) bond motifs is 6. The van der Waals surface area contributed by atoms with E-state index in [9.17, 15) is 38.9 Å². The van der Waals surface area contributed by atoms with Gasteiger partial charge in [0.25, 0.3) is 0 Å². The molecule has 408 valence electrons. The third-order valence-corrected chi connectivity index (χ3v) is 16.1. The van der Waals surface area contributed by atoms with E-state index in [-0.39, 0.29) is 585 Å². The maximum atomic E-state index is 11.8. The van der Waals surface area contributed by atoms with Crippen LogP contribution in [0.5, 0.6) is 5.75 Å². The minimum Gasteiger partial charge on any atom is -0.748 e. The molecule has 0 aromatic heterocycles. The first kappa shape index (κ1) is 122. The summed E-state index contributed by atoms with van der Waals surface area (Å²) in [6.07, 6.45) is 14.2. The molecule has 16 radical (unpaired) electrons. The summed E-state index contributed by atoms with van der Waals surface area (Å²) < 4.78 is 115. The van der Waals surface area contributed by atoms with Gasteiger partial charge >= 0.3 is 29.6 Å². The molecule has 0 aliphatic carbocycles. The molecule has 0 unspecified atom stereocenters. The molecule has 85 heavy (non-hydrogen) atoms. The minimum absolute atomic E-state index is 0. The average Bonchev–Trinajstić information content (AvgIpc) is 3.71.